The van der Waals surface area contributed by atoms with Crippen LogP contribution >= 0.6 is 11.3 Å². The Balaban J connectivity index is 1.46. The normalized spacial score (nSPS) is 11.3. The average molecular weight is 380 g/mol. The molecule has 4 aromatic rings. The fraction of sp³-hybridized carbons (Fsp3) is 0.250. The lowest BCUT2D eigenvalue weighted by Crippen LogP contribution is -2.29. The molecule has 6 nitrogen and oxygen atoms in total. The van der Waals surface area contributed by atoms with Crippen molar-refractivity contribution in [3.8, 4) is 0 Å². The van der Waals surface area contributed by atoms with Crippen LogP contribution in [0.3, 0.4) is 0 Å². The Morgan fingerprint density at radius 3 is 2.59 bits per heavy atom. The first-order valence-electron chi connectivity index (χ1n) is 8.77. The van der Waals surface area contributed by atoms with Crippen molar-refractivity contribution in [1.82, 2.24) is 19.0 Å². The summed E-state index contributed by atoms with van der Waals surface area (Å²) >= 11 is 1.60. The molecule has 0 N–H and O–H groups in total. The number of aryl methyl sites for hydroxylation is 2. The Kier molecular flexibility index (Phi) is 4.53. The summed E-state index contributed by atoms with van der Waals surface area (Å²) in [5.41, 5.74) is 2.59. The van der Waals surface area contributed by atoms with E-state index in [4.69, 9.17) is 0 Å². The van der Waals surface area contributed by atoms with E-state index < -0.39 is 0 Å². The van der Waals surface area contributed by atoms with Crippen LogP contribution in [0.1, 0.15) is 11.4 Å². The van der Waals surface area contributed by atoms with E-state index in [1.807, 2.05) is 48.5 Å². The summed E-state index contributed by atoms with van der Waals surface area (Å²) in [6.45, 7) is 0.839. The second-order valence-corrected chi connectivity index (χ2v) is 7.67. The highest BCUT2D eigenvalue weighted by molar-refractivity contribution is 7.18. The van der Waals surface area contributed by atoms with Gasteiger partial charge in [0.2, 0.25) is 5.91 Å². The highest BCUT2D eigenvalue weighted by Gasteiger charge is 2.15. The first-order valence-corrected chi connectivity index (χ1v) is 9.59. The fourth-order valence-electron chi connectivity index (χ4n) is 3.26. The third-order valence-electron chi connectivity index (χ3n) is 4.74. The molecule has 0 saturated heterocycles. The van der Waals surface area contributed by atoms with Crippen molar-refractivity contribution in [2.24, 2.45) is 7.05 Å². The van der Waals surface area contributed by atoms with Gasteiger partial charge in [0, 0.05) is 27.1 Å². The molecule has 0 radical (unpaired) electrons. The van der Waals surface area contributed by atoms with E-state index >= 15 is 0 Å². The highest BCUT2D eigenvalue weighted by atomic mass is 32.1. The molecule has 0 aliphatic heterocycles. The summed E-state index contributed by atoms with van der Waals surface area (Å²) in [5.74, 6) is -0.00547. The maximum absolute atomic E-state index is 12.6. The van der Waals surface area contributed by atoms with Gasteiger partial charge in [0.15, 0.2) is 0 Å². The number of benzene rings is 2. The summed E-state index contributed by atoms with van der Waals surface area (Å²) in [4.78, 5) is 31.3. The Hall–Kier alpha value is -2.93. The number of para-hydroxylation sites is 3. The van der Waals surface area contributed by atoms with Crippen LogP contribution in [0.5, 0.6) is 0 Å². The van der Waals surface area contributed by atoms with Crippen LogP contribution in [0.15, 0.2) is 53.3 Å². The van der Waals surface area contributed by atoms with Gasteiger partial charge in [0.25, 0.3) is 0 Å². The lowest BCUT2D eigenvalue weighted by atomic mass is 10.3. The predicted octanol–water partition coefficient (Wildman–Crippen LogP) is 3.00. The molecule has 2 aromatic carbocycles. The molecule has 138 valence electrons. The second kappa shape index (κ2) is 7.00. The summed E-state index contributed by atoms with van der Waals surface area (Å²) < 4.78 is 4.40. The van der Waals surface area contributed by atoms with Gasteiger partial charge in [-0.2, -0.15) is 0 Å². The molecular formula is C20H20N4O2S. The van der Waals surface area contributed by atoms with E-state index in [-0.39, 0.29) is 18.0 Å². The van der Waals surface area contributed by atoms with E-state index in [1.165, 1.54) is 0 Å². The number of hydrogen-bond donors (Lipinski definition) is 0. The third kappa shape index (κ3) is 3.26. The summed E-state index contributed by atoms with van der Waals surface area (Å²) in [5, 5.41) is 0.911. The van der Waals surface area contributed by atoms with Crippen LogP contribution in [0.25, 0.3) is 21.3 Å². The molecule has 0 atom stereocenters. The van der Waals surface area contributed by atoms with E-state index in [0.717, 1.165) is 26.3 Å². The molecule has 4 rings (SSSR count). The molecule has 1 amide bonds. The van der Waals surface area contributed by atoms with Gasteiger partial charge in [-0.25, -0.2) is 9.78 Å². The number of rotatable bonds is 5. The minimum absolute atomic E-state index is 0.00547. The van der Waals surface area contributed by atoms with E-state index in [9.17, 15) is 9.59 Å². The molecule has 0 fully saturated rings. The number of fused-ring (bicyclic) bond motifs is 2. The zero-order chi connectivity index (χ0) is 19.0. The molecule has 7 heteroatoms. The number of thiazole rings is 1. The van der Waals surface area contributed by atoms with Crippen molar-refractivity contribution in [2.75, 3.05) is 7.05 Å². The number of nitrogens with zero attached hydrogens (tertiary/aromatic N) is 4. The SMILES string of the molecule is CN(Cc1nc2ccccc2s1)C(=O)CCn1c(=O)n(C)c2ccccc21. The largest absolute Gasteiger partial charge is 0.339 e. The standard InChI is InChI=1S/C20H20N4O2S/c1-22(13-18-21-14-7-3-6-10-17(14)27-18)19(25)11-12-24-16-9-5-4-8-15(16)23(2)20(24)26/h3-10H,11-13H2,1-2H3. The van der Waals surface area contributed by atoms with Gasteiger partial charge < -0.3 is 4.90 Å². The van der Waals surface area contributed by atoms with Gasteiger partial charge in [0.05, 0.1) is 27.8 Å². The first-order chi connectivity index (χ1) is 13.0. The maximum Gasteiger partial charge on any atom is 0.328 e. The number of hydrogen-bond acceptors (Lipinski definition) is 4. The smallest absolute Gasteiger partial charge is 0.328 e. The Labute approximate surface area is 160 Å². The minimum atomic E-state index is -0.0992. The maximum atomic E-state index is 12.6. The quantitative estimate of drug-likeness (QED) is 0.535. The van der Waals surface area contributed by atoms with Crippen molar-refractivity contribution < 1.29 is 4.79 Å². The Morgan fingerprint density at radius 2 is 1.81 bits per heavy atom. The molecule has 2 heterocycles. The number of carbonyl (C=O) groups excluding carboxylic acids is 1. The number of amides is 1. The van der Waals surface area contributed by atoms with Crippen molar-refractivity contribution in [3.05, 3.63) is 64.0 Å². The van der Waals surface area contributed by atoms with Crippen molar-refractivity contribution in [3.63, 3.8) is 0 Å². The molecule has 0 spiro atoms. The summed E-state index contributed by atoms with van der Waals surface area (Å²) in [7, 11) is 3.53. The predicted molar refractivity (Wildman–Crippen MR) is 108 cm³/mol. The van der Waals surface area contributed by atoms with Gasteiger partial charge in [0.1, 0.15) is 5.01 Å². The number of aromatic nitrogens is 3. The number of imidazole rings is 1. The van der Waals surface area contributed by atoms with Gasteiger partial charge in [-0.1, -0.05) is 24.3 Å². The molecule has 0 saturated carbocycles. The van der Waals surface area contributed by atoms with Crippen LogP contribution in [-0.2, 0) is 24.9 Å². The second-order valence-electron chi connectivity index (χ2n) is 6.56. The molecule has 0 unspecified atom stereocenters. The molecule has 27 heavy (non-hydrogen) atoms. The summed E-state index contributed by atoms with van der Waals surface area (Å²) in [6.07, 6.45) is 0.273. The lowest BCUT2D eigenvalue weighted by molar-refractivity contribution is -0.130. The van der Waals surface area contributed by atoms with Gasteiger partial charge in [-0.3, -0.25) is 13.9 Å². The zero-order valence-corrected chi connectivity index (χ0v) is 16.1. The Bertz CT molecular complexity index is 1150. The third-order valence-corrected chi connectivity index (χ3v) is 5.76. The summed E-state index contributed by atoms with van der Waals surface area (Å²) in [6, 6.07) is 15.6. The van der Waals surface area contributed by atoms with Crippen molar-refractivity contribution in [1.29, 1.82) is 0 Å². The van der Waals surface area contributed by atoms with Crippen molar-refractivity contribution >= 4 is 38.5 Å². The van der Waals surface area contributed by atoms with Crippen molar-refractivity contribution in [2.45, 2.75) is 19.5 Å². The van der Waals surface area contributed by atoms with Crippen LogP contribution in [0.2, 0.25) is 0 Å². The van der Waals surface area contributed by atoms with Crippen LogP contribution < -0.4 is 5.69 Å². The van der Waals surface area contributed by atoms with Gasteiger partial charge in [-0.05, 0) is 24.3 Å². The lowest BCUT2D eigenvalue weighted by Gasteiger charge is -2.15. The number of carbonyl (C=O) groups is 1. The zero-order valence-electron chi connectivity index (χ0n) is 15.3. The van der Waals surface area contributed by atoms with E-state index in [2.05, 4.69) is 4.98 Å². The molecule has 0 aliphatic rings. The van der Waals surface area contributed by atoms with E-state index in [0.29, 0.717) is 13.1 Å². The topological polar surface area (TPSA) is 60.1 Å². The average Bonchev–Trinajstić information content (AvgIpc) is 3.19. The van der Waals surface area contributed by atoms with Crippen LogP contribution in [0, 0.1) is 0 Å². The molecule has 0 aliphatic carbocycles. The minimum Gasteiger partial charge on any atom is -0.339 e. The van der Waals surface area contributed by atoms with Gasteiger partial charge in [-0.15, -0.1) is 11.3 Å². The van der Waals surface area contributed by atoms with Gasteiger partial charge >= 0.3 is 5.69 Å². The molecule has 2 aromatic heterocycles. The fourth-order valence-corrected chi connectivity index (χ4v) is 4.28. The van der Waals surface area contributed by atoms with Crippen LogP contribution in [0.4, 0.5) is 0 Å². The molecule has 0 bridgehead atoms. The van der Waals surface area contributed by atoms with E-state index in [1.54, 1.807) is 39.5 Å². The molecular weight excluding hydrogens is 360 g/mol. The highest BCUT2D eigenvalue weighted by Crippen LogP contribution is 2.22. The monoisotopic (exact) mass is 380 g/mol. The Morgan fingerprint density at radius 1 is 1.11 bits per heavy atom. The first kappa shape index (κ1) is 17.5. The van der Waals surface area contributed by atoms with Crippen LogP contribution in [-0.4, -0.2) is 32.0 Å².